The van der Waals surface area contributed by atoms with Gasteiger partial charge in [0.1, 0.15) is 16.9 Å². The maximum absolute atomic E-state index is 13.6. The standard InChI is InChI=1S/C21H23FN4OS/c1-26(2)19(14-5-4-6-15(22)9-14)12-24-20(27)16-10-18(13-7-8-13)25-21(28-3)17(16)11-23/h4-6,9-10,13,19H,7-8,12H2,1-3H3,(H,24,27)/t19-/m0/s1. The highest BCUT2D eigenvalue weighted by Crippen LogP contribution is 2.40. The Hall–Kier alpha value is -2.43. The second kappa shape index (κ2) is 8.72. The van der Waals surface area contributed by atoms with Crippen molar-refractivity contribution < 1.29 is 9.18 Å². The molecule has 1 atom stereocenters. The molecule has 1 aromatic heterocycles. The smallest absolute Gasteiger partial charge is 0.252 e. The Balaban J connectivity index is 1.84. The topological polar surface area (TPSA) is 69.0 Å². The van der Waals surface area contributed by atoms with Gasteiger partial charge in [-0.15, -0.1) is 11.8 Å². The molecule has 1 N–H and O–H groups in total. The lowest BCUT2D eigenvalue weighted by Gasteiger charge is -2.25. The number of hydrogen-bond acceptors (Lipinski definition) is 5. The molecule has 0 spiro atoms. The fraction of sp³-hybridized carbons (Fsp3) is 0.381. The zero-order chi connectivity index (χ0) is 20.3. The summed E-state index contributed by atoms with van der Waals surface area (Å²) >= 11 is 1.38. The molecule has 0 unspecified atom stereocenters. The van der Waals surface area contributed by atoms with Crippen LogP contribution in [0.1, 0.15) is 52.0 Å². The average Bonchev–Trinajstić information content (AvgIpc) is 3.52. The Morgan fingerprint density at radius 2 is 2.18 bits per heavy atom. The van der Waals surface area contributed by atoms with Gasteiger partial charge in [-0.1, -0.05) is 12.1 Å². The molecule has 1 aliphatic carbocycles. The largest absolute Gasteiger partial charge is 0.350 e. The number of nitrogens with zero attached hydrogens (tertiary/aromatic N) is 3. The Kier molecular flexibility index (Phi) is 6.32. The van der Waals surface area contributed by atoms with Crippen molar-refractivity contribution in [2.75, 3.05) is 26.9 Å². The lowest BCUT2D eigenvalue weighted by Crippen LogP contribution is -2.35. The first kappa shape index (κ1) is 20.3. The first-order valence-corrected chi connectivity index (χ1v) is 10.4. The monoisotopic (exact) mass is 398 g/mol. The predicted octanol–water partition coefficient (Wildman–Crippen LogP) is 3.72. The van der Waals surface area contributed by atoms with E-state index < -0.39 is 0 Å². The molecule has 1 saturated carbocycles. The third kappa shape index (κ3) is 4.51. The number of hydrogen-bond donors (Lipinski definition) is 1. The van der Waals surface area contributed by atoms with Gasteiger partial charge in [0.2, 0.25) is 0 Å². The van der Waals surface area contributed by atoms with Crippen LogP contribution in [-0.4, -0.2) is 42.7 Å². The van der Waals surface area contributed by atoms with Crippen molar-refractivity contribution in [3.8, 4) is 6.07 Å². The van der Waals surface area contributed by atoms with Gasteiger partial charge in [-0.25, -0.2) is 9.37 Å². The van der Waals surface area contributed by atoms with Crippen LogP contribution in [0.25, 0.3) is 0 Å². The van der Waals surface area contributed by atoms with Gasteiger partial charge >= 0.3 is 0 Å². The molecule has 0 bridgehead atoms. The van der Waals surface area contributed by atoms with E-state index in [1.807, 2.05) is 31.3 Å². The number of aromatic nitrogens is 1. The summed E-state index contributed by atoms with van der Waals surface area (Å²) in [5.41, 5.74) is 2.33. The molecule has 1 fully saturated rings. The highest BCUT2D eigenvalue weighted by molar-refractivity contribution is 7.98. The second-order valence-electron chi connectivity index (χ2n) is 7.11. The van der Waals surface area contributed by atoms with E-state index in [1.165, 1.54) is 23.9 Å². The number of nitriles is 1. The molecule has 146 valence electrons. The molecule has 1 amide bonds. The molecule has 3 rings (SSSR count). The summed E-state index contributed by atoms with van der Waals surface area (Å²) in [5.74, 6) is -0.235. The quantitative estimate of drug-likeness (QED) is 0.720. The Morgan fingerprint density at radius 3 is 2.75 bits per heavy atom. The number of rotatable bonds is 7. The molecule has 28 heavy (non-hydrogen) atoms. The Bertz CT molecular complexity index is 921. The minimum Gasteiger partial charge on any atom is -0.350 e. The van der Waals surface area contributed by atoms with E-state index in [9.17, 15) is 14.4 Å². The summed E-state index contributed by atoms with van der Waals surface area (Å²) < 4.78 is 13.6. The van der Waals surface area contributed by atoms with Crippen molar-refractivity contribution in [3.05, 3.63) is 58.5 Å². The summed E-state index contributed by atoms with van der Waals surface area (Å²) in [6, 6.07) is 10.1. The van der Waals surface area contributed by atoms with Crippen molar-refractivity contribution in [1.82, 2.24) is 15.2 Å². The predicted molar refractivity (Wildman–Crippen MR) is 108 cm³/mol. The number of carbonyl (C=O) groups excluding carboxylic acids is 1. The van der Waals surface area contributed by atoms with Gasteiger partial charge in [0.25, 0.3) is 5.91 Å². The molecule has 0 aliphatic heterocycles. The van der Waals surface area contributed by atoms with E-state index in [0.29, 0.717) is 28.6 Å². The number of amides is 1. The van der Waals surface area contributed by atoms with Crippen LogP contribution in [-0.2, 0) is 0 Å². The van der Waals surface area contributed by atoms with Crippen molar-refractivity contribution in [1.29, 1.82) is 5.26 Å². The Labute approximate surface area is 169 Å². The van der Waals surface area contributed by atoms with Gasteiger partial charge < -0.3 is 10.2 Å². The lowest BCUT2D eigenvalue weighted by atomic mass is 10.0. The maximum atomic E-state index is 13.6. The van der Waals surface area contributed by atoms with Crippen LogP contribution < -0.4 is 5.32 Å². The highest BCUT2D eigenvalue weighted by Gasteiger charge is 2.28. The van der Waals surface area contributed by atoms with E-state index in [1.54, 1.807) is 12.1 Å². The number of nitrogens with one attached hydrogen (secondary N) is 1. The van der Waals surface area contributed by atoms with Crippen LogP contribution in [0.5, 0.6) is 0 Å². The van der Waals surface area contributed by atoms with Gasteiger partial charge in [0.05, 0.1) is 17.2 Å². The normalized spacial score (nSPS) is 14.6. The molecule has 5 nitrogen and oxygen atoms in total. The molecule has 7 heteroatoms. The van der Waals surface area contributed by atoms with E-state index in [2.05, 4.69) is 16.4 Å². The minimum absolute atomic E-state index is 0.185. The van der Waals surface area contributed by atoms with Crippen molar-refractivity contribution in [2.45, 2.75) is 29.8 Å². The second-order valence-corrected chi connectivity index (χ2v) is 7.90. The molecule has 1 aromatic carbocycles. The van der Waals surface area contributed by atoms with Gasteiger partial charge in [-0.05, 0) is 57.0 Å². The van der Waals surface area contributed by atoms with E-state index in [4.69, 9.17) is 0 Å². The van der Waals surface area contributed by atoms with Crippen LogP contribution in [0.4, 0.5) is 4.39 Å². The third-order valence-electron chi connectivity index (χ3n) is 4.86. The number of benzene rings is 1. The minimum atomic E-state index is -0.310. The SMILES string of the molecule is CSc1nc(C2CC2)cc(C(=O)NC[C@@H](c2cccc(F)c2)N(C)C)c1C#N. The average molecular weight is 399 g/mol. The molecule has 1 aliphatic rings. The summed E-state index contributed by atoms with van der Waals surface area (Å²) in [6.45, 7) is 0.301. The number of pyridine rings is 1. The van der Waals surface area contributed by atoms with Crippen LogP contribution in [0.2, 0.25) is 0 Å². The highest BCUT2D eigenvalue weighted by atomic mass is 32.2. The first-order chi connectivity index (χ1) is 13.4. The number of thioether (sulfide) groups is 1. The molecule has 2 aromatic rings. The zero-order valence-corrected chi connectivity index (χ0v) is 17.0. The van der Waals surface area contributed by atoms with Crippen LogP contribution >= 0.6 is 11.8 Å². The number of carbonyl (C=O) groups is 1. The van der Waals surface area contributed by atoms with Crippen molar-refractivity contribution in [3.63, 3.8) is 0 Å². The van der Waals surface area contributed by atoms with Gasteiger partial charge in [-0.2, -0.15) is 5.26 Å². The first-order valence-electron chi connectivity index (χ1n) is 9.13. The summed E-state index contributed by atoms with van der Waals surface area (Å²) in [5, 5.41) is 13.1. The molecule has 0 saturated heterocycles. The fourth-order valence-corrected chi connectivity index (χ4v) is 3.72. The maximum Gasteiger partial charge on any atom is 0.252 e. The number of halogens is 1. The summed E-state index contributed by atoms with van der Waals surface area (Å²) in [4.78, 5) is 19.4. The van der Waals surface area contributed by atoms with Gasteiger partial charge in [0.15, 0.2) is 0 Å². The van der Waals surface area contributed by atoms with E-state index in [-0.39, 0.29) is 17.8 Å². The van der Waals surface area contributed by atoms with E-state index >= 15 is 0 Å². The van der Waals surface area contributed by atoms with Crippen molar-refractivity contribution in [2.24, 2.45) is 0 Å². The molecule has 1 heterocycles. The third-order valence-corrected chi connectivity index (χ3v) is 5.55. The van der Waals surface area contributed by atoms with E-state index in [0.717, 1.165) is 24.1 Å². The van der Waals surface area contributed by atoms with Gasteiger partial charge in [-0.3, -0.25) is 4.79 Å². The van der Waals surface area contributed by atoms with Crippen LogP contribution in [0.3, 0.4) is 0 Å². The van der Waals surface area contributed by atoms with Gasteiger partial charge in [0, 0.05) is 18.2 Å². The van der Waals surface area contributed by atoms with Crippen LogP contribution in [0.15, 0.2) is 35.4 Å². The number of likely N-dealkylation sites (N-methyl/N-ethyl adjacent to an activating group) is 1. The molecular weight excluding hydrogens is 375 g/mol. The molecule has 0 radical (unpaired) electrons. The lowest BCUT2D eigenvalue weighted by molar-refractivity contribution is 0.0941. The summed E-state index contributed by atoms with van der Waals surface area (Å²) in [6.07, 6.45) is 3.99. The van der Waals surface area contributed by atoms with Crippen LogP contribution in [0, 0.1) is 17.1 Å². The fourth-order valence-electron chi connectivity index (χ4n) is 3.16. The molecular formula is C21H23FN4OS. The van der Waals surface area contributed by atoms with Crippen molar-refractivity contribution >= 4 is 17.7 Å². The Morgan fingerprint density at radius 1 is 1.43 bits per heavy atom. The zero-order valence-electron chi connectivity index (χ0n) is 16.2. The summed E-state index contributed by atoms with van der Waals surface area (Å²) in [7, 11) is 3.76.